The lowest BCUT2D eigenvalue weighted by molar-refractivity contribution is -0.131. The Hall–Kier alpha value is -2.41. The summed E-state index contributed by atoms with van der Waals surface area (Å²) in [6.45, 7) is 2.30. The molecule has 0 aliphatic rings. The van der Waals surface area contributed by atoms with Gasteiger partial charge >= 0.3 is 5.97 Å². The van der Waals surface area contributed by atoms with E-state index in [1.54, 1.807) is 16.8 Å². The standard InChI is InChI=1S/C14H15N3O3S/c1-9-10(8-17(2)16-9)7-15-14(20)12-5-3-11(21-12)4-6-13(18)19/h3-6,8H,7H2,1-2H3,(H,15,20)(H,18,19)/b6-4+. The number of hydrogen-bond acceptors (Lipinski definition) is 4. The van der Waals surface area contributed by atoms with Gasteiger partial charge in [-0.2, -0.15) is 5.10 Å². The van der Waals surface area contributed by atoms with Crippen LogP contribution in [0, 0.1) is 6.92 Å². The largest absolute Gasteiger partial charge is 0.478 e. The number of amides is 1. The van der Waals surface area contributed by atoms with Gasteiger partial charge in [0, 0.05) is 36.3 Å². The molecule has 0 atom stereocenters. The maximum atomic E-state index is 12.0. The molecule has 1 amide bonds. The van der Waals surface area contributed by atoms with Crippen LogP contribution in [0.4, 0.5) is 0 Å². The van der Waals surface area contributed by atoms with E-state index in [9.17, 15) is 9.59 Å². The van der Waals surface area contributed by atoms with Crippen LogP contribution in [0.25, 0.3) is 6.08 Å². The molecule has 0 aliphatic heterocycles. The van der Waals surface area contributed by atoms with Crippen molar-refractivity contribution in [2.45, 2.75) is 13.5 Å². The molecular weight excluding hydrogens is 290 g/mol. The highest BCUT2D eigenvalue weighted by Gasteiger charge is 2.10. The van der Waals surface area contributed by atoms with E-state index in [1.807, 2.05) is 20.2 Å². The molecule has 0 spiro atoms. The highest BCUT2D eigenvalue weighted by Crippen LogP contribution is 2.18. The van der Waals surface area contributed by atoms with Crippen LogP contribution >= 0.6 is 11.3 Å². The average Bonchev–Trinajstić information content (AvgIpc) is 3.00. The zero-order chi connectivity index (χ0) is 15.4. The summed E-state index contributed by atoms with van der Waals surface area (Å²) in [5.74, 6) is -1.19. The third-order valence-electron chi connectivity index (χ3n) is 2.80. The molecule has 0 bridgehead atoms. The number of carboxylic acids is 1. The summed E-state index contributed by atoms with van der Waals surface area (Å²) in [6, 6.07) is 3.39. The zero-order valence-corrected chi connectivity index (χ0v) is 12.5. The summed E-state index contributed by atoms with van der Waals surface area (Å²) in [5.41, 5.74) is 1.85. The lowest BCUT2D eigenvalue weighted by Gasteiger charge is -2.01. The molecule has 6 nitrogen and oxygen atoms in total. The first-order valence-electron chi connectivity index (χ1n) is 6.24. The molecule has 2 aromatic rings. The smallest absolute Gasteiger partial charge is 0.328 e. The number of aryl methyl sites for hydroxylation is 2. The maximum absolute atomic E-state index is 12.0. The number of nitrogens with zero attached hydrogens (tertiary/aromatic N) is 2. The molecule has 0 unspecified atom stereocenters. The predicted molar refractivity (Wildman–Crippen MR) is 80.1 cm³/mol. The van der Waals surface area contributed by atoms with Crippen LogP contribution in [0.1, 0.15) is 25.8 Å². The zero-order valence-electron chi connectivity index (χ0n) is 11.7. The molecule has 2 N–H and O–H groups in total. The van der Waals surface area contributed by atoms with E-state index in [0.29, 0.717) is 11.4 Å². The van der Waals surface area contributed by atoms with Gasteiger partial charge in [-0.3, -0.25) is 9.48 Å². The highest BCUT2D eigenvalue weighted by molar-refractivity contribution is 7.14. The van der Waals surface area contributed by atoms with Crippen LogP contribution in [-0.4, -0.2) is 26.8 Å². The summed E-state index contributed by atoms with van der Waals surface area (Å²) < 4.78 is 1.71. The summed E-state index contributed by atoms with van der Waals surface area (Å²) in [4.78, 5) is 23.7. The van der Waals surface area contributed by atoms with Crippen LogP contribution in [0.5, 0.6) is 0 Å². The second-order valence-corrected chi connectivity index (χ2v) is 5.59. The van der Waals surface area contributed by atoms with E-state index in [4.69, 9.17) is 5.11 Å². The minimum absolute atomic E-state index is 0.182. The fourth-order valence-electron chi connectivity index (χ4n) is 1.80. The Balaban J connectivity index is 1.97. The third-order valence-corrected chi connectivity index (χ3v) is 3.84. The van der Waals surface area contributed by atoms with Crippen molar-refractivity contribution in [2.75, 3.05) is 0 Å². The lowest BCUT2D eigenvalue weighted by atomic mass is 10.2. The van der Waals surface area contributed by atoms with Crippen molar-refractivity contribution in [3.63, 3.8) is 0 Å². The van der Waals surface area contributed by atoms with Gasteiger partial charge in [0.05, 0.1) is 10.6 Å². The number of carboxylic acid groups (broad SMARTS) is 1. The molecule has 2 aromatic heterocycles. The van der Waals surface area contributed by atoms with Gasteiger partial charge in [-0.1, -0.05) is 0 Å². The fourth-order valence-corrected chi connectivity index (χ4v) is 2.63. The van der Waals surface area contributed by atoms with Gasteiger partial charge in [0.15, 0.2) is 0 Å². The minimum Gasteiger partial charge on any atom is -0.478 e. The van der Waals surface area contributed by atoms with Crippen LogP contribution in [0.15, 0.2) is 24.4 Å². The normalized spacial score (nSPS) is 11.0. The van der Waals surface area contributed by atoms with E-state index in [1.165, 1.54) is 17.4 Å². The Labute approximate surface area is 125 Å². The first kappa shape index (κ1) is 15.0. The van der Waals surface area contributed by atoms with Crippen LogP contribution in [0.2, 0.25) is 0 Å². The summed E-state index contributed by atoms with van der Waals surface area (Å²) in [5, 5.41) is 15.6. The predicted octanol–water partition coefficient (Wildman–Crippen LogP) is 1.82. The van der Waals surface area contributed by atoms with Crippen molar-refractivity contribution < 1.29 is 14.7 Å². The Morgan fingerprint density at radius 2 is 2.24 bits per heavy atom. The van der Waals surface area contributed by atoms with Gasteiger partial charge in [0.1, 0.15) is 0 Å². The van der Waals surface area contributed by atoms with Gasteiger partial charge in [0.2, 0.25) is 0 Å². The number of carbonyl (C=O) groups is 2. The fraction of sp³-hybridized carbons (Fsp3) is 0.214. The van der Waals surface area contributed by atoms with Crippen molar-refractivity contribution >= 4 is 29.3 Å². The summed E-state index contributed by atoms with van der Waals surface area (Å²) in [7, 11) is 1.83. The van der Waals surface area contributed by atoms with E-state index in [0.717, 1.165) is 22.2 Å². The molecule has 0 fully saturated rings. The van der Waals surface area contributed by atoms with E-state index in [2.05, 4.69) is 10.4 Å². The molecule has 0 saturated carbocycles. The summed E-state index contributed by atoms with van der Waals surface area (Å²) >= 11 is 1.24. The highest BCUT2D eigenvalue weighted by atomic mass is 32.1. The average molecular weight is 305 g/mol. The number of aromatic nitrogens is 2. The van der Waals surface area contributed by atoms with Gasteiger partial charge in [0.25, 0.3) is 5.91 Å². The molecule has 2 heterocycles. The first-order chi connectivity index (χ1) is 9.95. The number of thiophene rings is 1. The van der Waals surface area contributed by atoms with E-state index < -0.39 is 5.97 Å². The molecule has 7 heteroatoms. The second-order valence-electron chi connectivity index (χ2n) is 4.47. The topological polar surface area (TPSA) is 84.2 Å². The number of aliphatic carboxylic acids is 1. The molecule has 2 rings (SSSR count). The monoisotopic (exact) mass is 305 g/mol. The van der Waals surface area contributed by atoms with Crippen LogP contribution in [-0.2, 0) is 18.4 Å². The molecule has 0 saturated heterocycles. The third kappa shape index (κ3) is 4.03. The molecular formula is C14H15N3O3S. The number of nitrogens with one attached hydrogen (secondary N) is 1. The van der Waals surface area contributed by atoms with Crippen molar-refractivity contribution in [1.82, 2.24) is 15.1 Å². The van der Waals surface area contributed by atoms with Gasteiger partial charge in [-0.05, 0) is 25.1 Å². The minimum atomic E-state index is -1.01. The molecule has 21 heavy (non-hydrogen) atoms. The van der Waals surface area contributed by atoms with Gasteiger partial charge < -0.3 is 10.4 Å². The van der Waals surface area contributed by atoms with Crippen molar-refractivity contribution in [3.05, 3.63) is 45.4 Å². The van der Waals surface area contributed by atoms with Gasteiger partial charge in [-0.25, -0.2) is 4.79 Å². The Kier molecular flexibility index (Phi) is 4.54. The van der Waals surface area contributed by atoms with E-state index >= 15 is 0 Å². The molecule has 0 radical (unpaired) electrons. The Morgan fingerprint density at radius 1 is 1.48 bits per heavy atom. The van der Waals surface area contributed by atoms with E-state index in [-0.39, 0.29) is 5.91 Å². The van der Waals surface area contributed by atoms with Gasteiger partial charge in [-0.15, -0.1) is 11.3 Å². The number of hydrogen-bond donors (Lipinski definition) is 2. The lowest BCUT2D eigenvalue weighted by Crippen LogP contribution is -2.21. The van der Waals surface area contributed by atoms with Crippen LogP contribution < -0.4 is 5.32 Å². The molecule has 0 aliphatic carbocycles. The summed E-state index contributed by atoms with van der Waals surface area (Å²) in [6.07, 6.45) is 4.38. The quantitative estimate of drug-likeness (QED) is 0.825. The SMILES string of the molecule is Cc1nn(C)cc1CNC(=O)c1ccc(/C=C/C(=O)O)s1. The molecule has 110 valence electrons. The maximum Gasteiger partial charge on any atom is 0.328 e. The Morgan fingerprint density at radius 3 is 2.86 bits per heavy atom. The van der Waals surface area contributed by atoms with Crippen molar-refractivity contribution in [1.29, 1.82) is 0 Å². The second kappa shape index (κ2) is 6.36. The number of carbonyl (C=O) groups excluding carboxylic acids is 1. The van der Waals surface area contributed by atoms with Crippen molar-refractivity contribution in [3.8, 4) is 0 Å². The van der Waals surface area contributed by atoms with Crippen molar-refractivity contribution in [2.24, 2.45) is 7.05 Å². The Bertz CT molecular complexity index is 700. The molecule has 0 aromatic carbocycles. The van der Waals surface area contributed by atoms with Crippen LogP contribution in [0.3, 0.4) is 0 Å². The first-order valence-corrected chi connectivity index (χ1v) is 7.05. The number of rotatable bonds is 5.